The molecule has 4 aliphatic rings. The van der Waals surface area contributed by atoms with E-state index in [9.17, 15) is 47.9 Å². The number of carbonyl (C=O) groups is 9. The molecule has 23 heteroatoms. The van der Waals surface area contributed by atoms with E-state index in [-0.39, 0.29) is 79.5 Å². The van der Waals surface area contributed by atoms with Crippen LogP contribution >= 0.6 is 35.1 Å². The number of carbonyl (C=O) groups excluding carboxylic acids is 9. The van der Waals surface area contributed by atoms with Crippen molar-refractivity contribution in [2.45, 2.75) is 75.3 Å². The molecule has 2 unspecified atom stereocenters. The number of halogens is 1. The molecule has 4 aliphatic heterocycles. The van der Waals surface area contributed by atoms with Crippen LogP contribution in [0.15, 0.2) is 98.2 Å². The van der Waals surface area contributed by atoms with E-state index in [0.717, 1.165) is 6.92 Å². The second kappa shape index (κ2) is 21.1. The molecular weight excluding hydrogens is 1040 g/mol. The predicted octanol–water partition coefficient (Wildman–Crippen LogP) is 7.04. The average Bonchev–Trinajstić information content (AvgIpc) is 3.64. The van der Waals surface area contributed by atoms with Crippen LogP contribution in [-0.2, 0) is 53.4 Å². The summed E-state index contributed by atoms with van der Waals surface area (Å²) in [6.45, 7) is 4.67. The fourth-order valence-electron chi connectivity index (χ4n) is 8.78. The van der Waals surface area contributed by atoms with Gasteiger partial charge in [-0.2, -0.15) is 0 Å². The van der Waals surface area contributed by atoms with Crippen LogP contribution in [0.1, 0.15) is 90.8 Å². The number of fused-ring (bicyclic) bond motifs is 8. The molecule has 1 saturated heterocycles. The Kier molecular flexibility index (Phi) is 14.6. The van der Waals surface area contributed by atoms with Gasteiger partial charge < -0.3 is 42.9 Å². The van der Waals surface area contributed by atoms with Gasteiger partial charge in [-0.1, -0.05) is 24.6 Å². The van der Waals surface area contributed by atoms with Crippen LogP contribution in [0.4, 0.5) is 0 Å². The quantitative estimate of drug-likeness (QED) is 0.0197. The summed E-state index contributed by atoms with van der Waals surface area (Å²) in [4.78, 5) is 130. The van der Waals surface area contributed by atoms with Crippen LogP contribution < -0.4 is 29.9 Å². The number of β-lactam (4-membered cyclic amide) rings is 1. The van der Waals surface area contributed by atoms with E-state index >= 15 is 0 Å². The Labute approximate surface area is 438 Å². The lowest BCUT2D eigenvalue weighted by molar-refractivity contribution is -0.166. The molecule has 0 saturated carbocycles. The number of hydrogen-bond donors (Lipinski definition) is 1. The van der Waals surface area contributed by atoms with Crippen LogP contribution in [0.25, 0.3) is 11.0 Å². The molecule has 4 aromatic carbocycles. The minimum absolute atomic E-state index is 0.0121. The maximum Gasteiger partial charge on any atom is 0.357 e. The highest BCUT2D eigenvalue weighted by Gasteiger charge is 2.56. The Hall–Kier alpha value is -7.95. The topological polar surface area (TPSA) is 264 Å². The lowest BCUT2D eigenvalue weighted by Gasteiger charge is -2.49. The molecule has 9 rings (SSSR count). The summed E-state index contributed by atoms with van der Waals surface area (Å²) in [5, 5.41) is 2.15. The second-order valence-corrected chi connectivity index (χ2v) is 19.7. The van der Waals surface area contributed by atoms with Gasteiger partial charge in [-0.15, -0.1) is 23.5 Å². The van der Waals surface area contributed by atoms with Crippen molar-refractivity contribution in [2.75, 3.05) is 18.3 Å². The summed E-state index contributed by atoms with van der Waals surface area (Å²) in [6.07, 6.45) is -0.176. The zero-order valence-corrected chi connectivity index (χ0v) is 42.4. The summed E-state index contributed by atoms with van der Waals surface area (Å²) in [5.74, 6) is -5.14. The van der Waals surface area contributed by atoms with Crippen LogP contribution in [0.2, 0.25) is 5.02 Å². The van der Waals surface area contributed by atoms with Crippen LogP contribution in [0, 0.1) is 0 Å². The number of hydrogen-bond acceptors (Lipinski definition) is 20. The Morgan fingerprint density at radius 3 is 2.13 bits per heavy atom. The predicted molar refractivity (Wildman–Crippen MR) is 264 cm³/mol. The van der Waals surface area contributed by atoms with E-state index in [1.54, 1.807) is 37.3 Å². The van der Waals surface area contributed by atoms with Crippen molar-refractivity contribution in [3.63, 3.8) is 0 Å². The third kappa shape index (κ3) is 10.3. The molecule has 20 nitrogen and oxygen atoms in total. The first-order valence-corrected chi connectivity index (χ1v) is 25.4. The molecule has 5 aromatic rings. The van der Waals surface area contributed by atoms with E-state index in [0.29, 0.717) is 33.6 Å². The number of esters is 6. The molecule has 386 valence electrons. The summed E-state index contributed by atoms with van der Waals surface area (Å²) >= 11 is 8.78. The monoisotopic (exact) mass is 1080 g/mol. The van der Waals surface area contributed by atoms with E-state index < -0.39 is 95.7 Å². The third-order valence-corrected chi connectivity index (χ3v) is 14.7. The molecule has 0 radical (unpaired) electrons. The standard InChI is InChI=1S/C52H41ClN2O18S2/c1-5-6-44(61)71-42-20-39-27(16-37(42)53)15-33(49(63)72-39)38(59)13-14-43(60)54-45-47(62)55-46(51(65)67-23-66-24(2)56)28(22-75-48(45)55)21-74-31-9-12-34-32(19-31)50(64)73-52(34)35-10-7-29(68-25(3)57)17-40(35)70-41-18-30(69-26(4)58)8-11-36(41)52/h7-12,15-20,45,48H,5-6,13-14,21-23H2,1-4H3,(H,54,60). The molecule has 2 atom stereocenters. The molecule has 1 aromatic heterocycles. The minimum Gasteiger partial charge on any atom is -0.456 e. The fraction of sp³-hybridized carbons (Fsp3) is 0.269. The molecule has 75 heavy (non-hydrogen) atoms. The Bertz CT molecular complexity index is 3360. The molecular formula is C52H41ClN2O18S2. The van der Waals surface area contributed by atoms with Gasteiger partial charge in [0.1, 0.15) is 51.3 Å². The van der Waals surface area contributed by atoms with Crippen molar-refractivity contribution < 1.29 is 80.7 Å². The zero-order chi connectivity index (χ0) is 53.5. The summed E-state index contributed by atoms with van der Waals surface area (Å²) in [7, 11) is 0. The first-order valence-electron chi connectivity index (χ1n) is 23.0. The van der Waals surface area contributed by atoms with Crippen molar-refractivity contribution >= 4 is 99.5 Å². The minimum atomic E-state index is -1.55. The number of ether oxygens (including phenoxy) is 7. The number of nitrogens with zero attached hydrogens (tertiary/aromatic N) is 1. The van der Waals surface area contributed by atoms with E-state index in [1.165, 1.54) is 84.7 Å². The highest BCUT2D eigenvalue weighted by Crippen LogP contribution is 2.57. The summed E-state index contributed by atoms with van der Waals surface area (Å²) in [5.41, 5.74) is -1.08. The molecule has 0 bridgehead atoms. The first kappa shape index (κ1) is 51.9. The lowest BCUT2D eigenvalue weighted by atomic mass is 9.77. The SMILES string of the molecule is CCCC(=O)Oc1cc2oc(=O)c(C(=O)CCC(=O)NC3C(=O)N4C(C(=O)OCOC(C)=O)=C(CSc5ccc6c(c5)C(=O)OC65c6ccc(OC(C)=O)cc6Oc6cc(OC(C)=O)ccc65)CSC34)cc2cc1Cl. The number of thioether (sulfide) groups is 2. The lowest BCUT2D eigenvalue weighted by Crippen LogP contribution is -2.70. The van der Waals surface area contributed by atoms with E-state index in [4.69, 9.17) is 49.2 Å². The maximum atomic E-state index is 14.0. The molecule has 2 amide bonds. The van der Waals surface area contributed by atoms with Gasteiger partial charge in [-0.3, -0.25) is 38.5 Å². The Morgan fingerprint density at radius 1 is 0.800 bits per heavy atom. The second-order valence-electron chi connectivity index (χ2n) is 17.2. The molecule has 5 heterocycles. The third-order valence-electron chi connectivity index (χ3n) is 12.0. The van der Waals surface area contributed by atoms with Gasteiger partial charge in [0.05, 0.1) is 10.6 Å². The molecule has 1 N–H and O–H groups in total. The summed E-state index contributed by atoms with van der Waals surface area (Å²) < 4.78 is 43.8. The average molecular weight is 1080 g/mol. The van der Waals surface area contributed by atoms with E-state index in [2.05, 4.69) is 5.32 Å². The van der Waals surface area contributed by atoms with Crippen LogP contribution in [-0.4, -0.2) is 88.0 Å². The zero-order valence-electron chi connectivity index (χ0n) is 40.0. The highest BCUT2D eigenvalue weighted by molar-refractivity contribution is 8.01. The number of rotatable bonds is 16. The molecule has 0 aliphatic carbocycles. The summed E-state index contributed by atoms with van der Waals surface area (Å²) in [6, 6.07) is 17.2. The maximum absolute atomic E-state index is 14.0. The van der Waals surface area contributed by atoms with Gasteiger partial charge in [-0.25, -0.2) is 14.4 Å². The Morgan fingerprint density at radius 2 is 1.48 bits per heavy atom. The normalized spacial score (nSPS) is 16.5. The van der Waals surface area contributed by atoms with Crippen molar-refractivity contribution in [3.8, 4) is 28.7 Å². The highest BCUT2D eigenvalue weighted by atomic mass is 35.5. The van der Waals surface area contributed by atoms with Crippen LogP contribution in [0.5, 0.6) is 28.7 Å². The number of amides is 2. The number of ketones is 1. The van der Waals surface area contributed by atoms with Gasteiger partial charge in [0.15, 0.2) is 17.1 Å². The van der Waals surface area contributed by atoms with E-state index in [1.807, 2.05) is 0 Å². The largest absolute Gasteiger partial charge is 0.456 e. The fourth-order valence-corrected chi connectivity index (χ4v) is 11.4. The first-order chi connectivity index (χ1) is 35.8. The van der Waals surface area contributed by atoms with Gasteiger partial charge in [0.25, 0.3) is 5.91 Å². The van der Waals surface area contributed by atoms with Crippen LogP contribution in [0.3, 0.4) is 0 Å². The van der Waals surface area contributed by atoms with Crippen molar-refractivity contribution in [3.05, 3.63) is 127 Å². The molecule has 1 fully saturated rings. The Balaban J connectivity index is 0.913. The van der Waals surface area contributed by atoms with Gasteiger partial charge in [-0.05, 0) is 60.5 Å². The smallest absolute Gasteiger partial charge is 0.357 e. The van der Waals surface area contributed by atoms with Gasteiger partial charge in [0.2, 0.25) is 12.7 Å². The number of benzene rings is 4. The van der Waals surface area contributed by atoms with Crippen molar-refractivity contribution in [1.29, 1.82) is 0 Å². The van der Waals surface area contributed by atoms with Crippen molar-refractivity contribution in [1.82, 2.24) is 10.2 Å². The van der Waals surface area contributed by atoms with Crippen molar-refractivity contribution in [2.24, 2.45) is 0 Å². The number of Topliss-reactive ketones (excluding diaryl/α,β-unsaturated/α-hetero) is 1. The number of nitrogens with one attached hydrogen (secondary N) is 1. The van der Waals surface area contributed by atoms with Gasteiger partial charge >= 0.3 is 41.4 Å². The molecule has 1 spiro atoms. The van der Waals surface area contributed by atoms with Gasteiger partial charge in [0, 0.05) is 96.7 Å².